The van der Waals surface area contributed by atoms with Gasteiger partial charge in [0.15, 0.2) is 0 Å². The predicted molar refractivity (Wildman–Crippen MR) is 84.8 cm³/mol. The monoisotopic (exact) mass is 283 g/mol. The minimum Gasteiger partial charge on any atom is -0.339 e. The maximum absolute atomic E-state index is 12.4. The van der Waals surface area contributed by atoms with E-state index in [0.717, 1.165) is 26.2 Å². The molecule has 118 valence electrons. The van der Waals surface area contributed by atoms with E-state index in [4.69, 9.17) is 0 Å². The Bertz CT molecular complexity index is 310. The zero-order chi connectivity index (χ0) is 15.5. The van der Waals surface area contributed by atoms with Crippen LogP contribution in [0.15, 0.2) is 0 Å². The van der Waals surface area contributed by atoms with Crippen LogP contribution in [0.1, 0.15) is 41.0 Å². The van der Waals surface area contributed by atoms with Gasteiger partial charge in [-0.2, -0.15) is 0 Å². The Morgan fingerprint density at radius 1 is 1.15 bits per heavy atom. The average molecular weight is 283 g/mol. The zero-order valence-corrected chi connectivity index (χ0v) is 14.4. The molecule has 20 heavy (non-hydrogen) atoms. The molecule has 0 bridgehead atoms. The second-order valence-corrected chi connectivity index (χ2v) is 7.55. The lowest BCUT2D eigenvalue weighted by atomic mass is 9.93. The first-order chi connectivity index (χ1) is 9.12. The number of hydrogen-bond donors (Lipinski definition) is 0. The summed E-state index contributed by atoms with van der Waals surface area (Å²) in [4.78, 5) is 19.3. The van der Waals surface area contributed by atoms with Gasteiger partial charge in [0.2, 0.25) is 5.91 Å². The summed E-state index contributed by atoms with van der Waals surface area (Å²) in [6, 6.07) is 0.902. The van der Waals surface area contributed by atoms with Crippen LogP contribution in [0.4, 0.5) is 0 Å². The molecule has 0 N–H and O–H groups in total. The molecule has 0 aromatic heterocycles. The van der Waals surface area contributed by atoms with Crippen LogP contribution >= 0.6 is 0 Å². The van der Waals surface area contributed by atoms with E-state index < -0.39 is 0 Å². The molecular weight excluding hydrogens is 250 g/mol. The lowest BCUT2D eigenvalue weighted by Crippen LogP contribution is -2.59. The molecule has 4 heteroatoms. The van der Waals surface area contributed by atoms with Gasteiger partial charge in [-0.3, -0.25) is 9.69 Å². The summed E-state index contributed by atoms with van der Waals surface area (Å²) in [6.45, 7) is 14.5. The summed E-state index contributed by atoms with van der Waals surface area (Å²) in [6.07, 6.45) is 1.19. The molecule has 4 nitrogen and oxygen atoms in total. The minimum absolute atomic E-state index is 0.271. The fourth-order valence-corrected chi connectivity index (χ4v) is 3.01. The van der Waals surface area contributed by atoms with Crippen molar-refractivity contribution < 1.29 is 4.79 Å². The molecule has 2 atom stereocenters. The summed E-state index contributed by atoms with van der Waals surface area (Å²) in [5.74, 6) is 0.282. The average Bonchev–Trinajstić information content (AvgIpc) is 2.29. The topological polar surface area (TPSA) is 26.8 Å². The van der Waals surface area contributed by atoms with Gasteiger partial charge in [-0.1, -0.05) is 20.8 Å². The van der Waals surface area contributed by atoms with E-state index in [2.05, 4.69) is 42.6 Å². The number of amides is 1. The van der Waals surface area contributed by atoms with Crippen molar-refractivity contribution >= 4 is 5.91 Å². The summed E-state index contributed by atoms with van der Waals surface area (Å²) in [5, 5.41) is 0. The molecule has 0 aromatic carbocycles. The largest absolute Gasteiger partial charge is 0.339 e. The Hall–Kier alpha value is -0.610. The molecule has 1 heterocycles. The van der Waals surface area contributed by atoms with Gasteiger partial charge in [0, 0.05) is 37.1 Å². The van der Waals surface area contributed by atoms with E-state index in [1.165, 1.54) is 6.42 Å². The quantitative estimate of drug-likeness (QED) is 0.788. The van der Waals surface area contributed by atoms with Crippen molar-refractivity contribution in [1.82, 2.24) is 14.7 Å². The maximum atomic E-state index is 12.4. The molecule has 1 saturated heterocycles. The first-order valence-electron chi connectivity index (χ1n) is 7.82. The lowest BCUT2D eigenvalue weighted by Gasteiger charge is -2.46. The maximum Gasteiger partial charge on any atom is 0.228 e. The molecule has 0 radical (unpaired) electrons. The molecular formula is C16H33N3O. The predicted octanol–water partition coefficient (Wildman–Crippen LogP) is 1.91. The third-order valence-corrected chi connectivity index (χ3v) is 4.05. The summed E-state index contributed by atoms with van der Waals surface area (Å²) < 4.78 is 0. The van der Waals surface area contributed by atoms with Crippen LogP contribution < -0.4 is 0 Å². The second-order valence-electron chi connectivity index (χ2n) is 7.55. The van der Waals surface area contributed by atoms with Gasteiger partial charge >= 0.3 is 0 Å². The Kier molecular flexibility index (Phi) is 6.02. The normalized spacial score (nSPS) is 25.3. The van der Waals surface area contributed by atoms with Gasteiger partial charge in [0.1, 0.15) is 0 Å². The van der Waals surface area contributed by atoms with Gasteiger partial charge < -0.3 is 9.80 Å². The van der Waals surface area contributed by atoms with Crippen LogP contribution in [0.3, 0.4) is 0 Å². The van der Waals surface area contributed by atoms with E-state index in [1.54, 1.807) is 0 Å². The molecule has 0 saturated carbocycles. The lowest BCUT2D eigenvalue weighted by molar-refractivity contribution is -0.144. The standard InChI is InChI=1S/C16H33N3O/c1-13-11-18(15(20)16(3,4)5)12-14(2)19(13)10-8-9-17(6)7/h13-14H,8-12H2,1-7H3. The van der Waals surface area contributed by atoms with Crippen LogP contribution in [-0.4, -0.2) is 73.0 Å². The van der Waals surface area contributed by atoms with Crippen molar-refractivity contribution in [2.75, 3.05) is 40.3 Å². The zero-order valence-electron chi connectivity index (χ0n) is 14.4. The van der Waals surface area contributed by atoms with Gasteiger partial charge in [0.05, 0.1) is 0 Å². The highest BCUT2D eigenvalue weighted by atomic mass is 16.2. The van der Waals surface area contributed by atoms with Crippen LogP contribution in [-0.2, 0) is 4.79 Å². The second kappa shape index (κ2) is 6.90. The van der Waals surface area contributed by atoms with Gasteiger partial charge in [0.25, 0.3) is 0 Å². The van der Waals surface area contributed by atoms with E-state index >= 15 is 0 Å². The van der Waals surface area contributed by atoms with Crippen molar-refractivity contribution in [1.29, 1.82) is 0 Å². The highest BCUT2D eigenvalue weighted by Crippen LogP contribution is 2.23. The molecule has 0 aliphatic carbocycles. The van der Waals surface area contributed by atoms with Gasteiger partial charge in [-0.25, -0.2) is 0 Å². The number of carbonyl (C=O) groups is 1. The van der Waals surface area contributed by atoms with Gasteiger partial charge in [-0.15, -0.1) is 0 Å². The van der Waals surface area contributed by atoms with Crippen LogP contribution in [0.25, 0.3) is 0 Å². The fourth-order valence-electron chi connectivity index (χ4n) is 3.01. The highest BCUT2D eigenvalue weighted by molar-refractivity contribution is 5.81. The first kappa shape index (κ1) is 17.4. The van der Waals surface area contributed by atoms with E-state index in [0.29, 0.717) is 12.1 Å². The fraction of sp³-hybridized carbons (Fsp3) is 0.938. The number of carbonyl (C=O) groups excluding carboxylic acids is 1. The number of rotatable bonds is 4. The Balaban J connectivity index is 2.56. The van der Waals surface area contributed by atoms with Crippen molar-refractivity contribution in [2.24, 2.45) is 5.41 Å². The summed E-state index contributed by atoms with van der Waals surface area (Å²) in [7, 11) is 4.24. The SMILES string of the molecule is CC1CN(C(=O)C(C)(C)C)CC(C)N1CCCN(C)C. The molecule has 1 rings (SSSR count). The smallest absolute Gasteiger partial charge is 0.228 e. The minimum atomic E-state index is -0.271. The molecule has 1 aliphatic heterocycles. The van der Waals surface area contributed by atoms with Gasteiger partial charge in [-0.05, 0) is 40.9 Å². The van der Waals surface area contributed by atoms with Crippen molar-refractivity contribution in [3.05, 3.63) is 0 Å². The summed E-state index contributed by atoms with van der Waals surface area (Å²) >= 11 is 0. The molecule has 0 spiro atoms. The van der Waals surface area contributed by atoms with E-state index in [9.17, 15) is 4.79 Å². The Labute approximate surface area is 125 Å². The third-order valence-electron chi connectivity index (χ3n) is 4.05. The van der Waals surface area contributed by atoms with Crippen molar-refractivity contribution in [3.8, 4) is 0 Å². The Morgan fingerprint density at radius 3 is 2.05 bits per heavy atom. The number of nitrogens with zero attached hydrogens (tertiary/aromatic N) is 3. The molecule has 2 unspecified atom stereocenters. The highest BCUT2D eigenvalue weighted by Gasteiger charge is 2.35. The van der Waals surface area contributed by atoms with Crippen molar-refractivity contribution in [2.45, 2.75) is 53.1 Å². The molecule has 1 amide bonds. The number of piperazine rings is 1. The third kappa shape index (κ3) is 4.74. The Morgan fingerprint density at radius 2 is 1.65 bits per heavy atom. The van der Waals surface area contributed by atoms with E-state index in [-0.39, 0.29) is 11.3 Å². The number of hydrogen-bond acceptors (Lipinski definition) is 3. The van der Waals surface area contributed by atoms with Crippen molar-refractivity contribution in [3.63, 3.8) is 0 Å². The van der Waals surface area contributed by atoms with Crippen LogP contribution in [0, 0.1) is 5.41 Å². The first-order valence-corrected chi connectivity index (χ1v) is 7.82. The van der Waals surface area contributed by atoms with E-state index in [1.807, 2.05) is 20.8 Å². The summed E-state index contributed by atoms with van der Waals surface area (Å²) in [5.41, 5.74) is -0.271. The van der Waals surface area contributed by atoms with Crippen LogP contribution in [0.2, 0.25) is 0 Å². The molecule has 1 aliphatic rings. The molecule has 0 aromatic rings. The van der Waals surface area contributed by atoms with Crippen LogP contribution in [0.5, 0.6) is 0 Å². The molecule has 1 fully saturated rings.